The predicted molar refractivity (Wildman–Crippen MR) is 68.6 cm³/mol. The molecule has 2 heterocycles. The van der Waals surface area contributed by atoms with Gasteiger partial charge < -0.3 is 0 Å². The van der Waals surface area contributed by atoms with Crippen molar-refractivity contribution in [2.45, 2.75) is 40.3 Å². The lowest BCUT2D eigenvalue weighted by Gasteiger charge is -2.01. The van der Waals surface area contributed by atoms with Crippen LogP contribution in [-0.4, -0.2) is 25.3 Å². The van der Waals surface area contributed by atoms with Gasteiger partial charge in [0.05, 0.1) is 17.5 Å². The van der Waals surface area contributed by atoms with E-state index in [1.807, 2.05) is 26.8 Å². The highest BCUT2D eigenvalue weighted by Gasteiger charge is 2.17. The Morgan fingerprint density at radius 2 is 2.06 bits per heavy atom. The Kier molecular flexibility index (Phi) is 3.60. The zero-order valence-electron chi connectivity index (χ0n) is 11.1. The Morgan fingerprint density at radius 1 is 1.28 bits per heavy atom. The van der Waals surface area contributed by atoms with E-state index in [2.05, 4.69) is 10.2 Å². The fourth-order valence-electron chi connectivity index (χ4n) is 1.87. The van der Waals surface area contributed by atoms with Gasteiger partial charge in [-0.1, -0.05) is 6.92 Å². The van der Waals surface area contributed by atoms with Gasteiger partial charge in [-0.2, -0.15) is 10.2 Å². The van der Waals surface area contributed by atoms with Gasteiger partial charge in [-0.25, -0.2) is 0 Å². The van der Waals surface area contributed by atoms with Crippen molar-refractivity contribution < 1.29 is 4.79 Å². The van der Waals surface area contributed by atoms with Crippen LogP contribution in [0.25, 0.3) is 0 Å². The highest BCUT2D eigenvalue weighted by Crippen LogP contribution is 2.12. The van der Waals surface area contributed by atoms with Gasteiger partial charge in [0.15, 0.2) is 0 Å². The quantitative estimate of drug-likeness (QED) is 0.757. The Morgan fingerprint density at radius 3 is 2.61 bits per heavy atom. The summed E-state index contributed by atoms with van der Waals surface area (Å²) in [5.41, 5.74) is 2.21. The zero-order chi connectivity index (χ0) is 13.1. The molecule has 0 N–H and O–H groups in total. The van der Waals surface area contributed by atoms with Crippen LogP contribution < -0.4 is 0 Å². The number of carbonyl (C=O) groups is 1. The maximum Gasteiger partial charge on any atom is 0.214 e. The molecule has 2 aromatic rings. The number of rotatable bonds is 5. The van der Waals surface area contributed by atoms with E-state index in [-0.39, 0.29) is 5.78 Å². The molecule has 0 saturated heterocycles. The fraction of sp³-hybridized carbons (Fsp3) is 0.462. The Balaban J connectivity index is 2.35. The van der Waals surface area contributed by atoms with E-state index in [0.717, 1.165) is 18.7 Å². The second-order valence-electron chi connectivity index (χ2n) is 4.10. The molecule has 18 heavy (non-hydrogen) atoms. The first-order valence-electron chi connectivity index (χ1n) is 6.33. The lowest BCUT2D eigenvalue weighted by molar-refractivity contribution is 0.102. The summed E-state index contributed by atoms with van der Waals surface area (Å²) >= 11 is 0. The van der Waals surface area contributed by atoms with Crippen LogP contribution in [0.3, 0.4) is 0 Å². The van der Waals surface area contributed by atoms with Gasteiger partial charge in [0, 0.05) is 19.3 Å². The SMILES string of the molecule is CCc1cc(C(=O)c2cnn(CC)c2)n(CC)n1. The molecular formula is C13H18N4O. The minimum absolute atomic E-state index is 0.0104. The summed E-state index contributed by atoms with van der Waals surface area (Å²) in [5.74, 6) is -0.0104. The minimum atomic E-state index is -0.0104. The third-order valence-electron chi connectivity index (χ3n) is 2.94. The van der Waals surface area contributed by atoms with Gasteiger partial charge in [-0.15, -0.1) is 0 Å². The van der Waals surface area contributed by atoms with Crippen molar-refractivity contribution in [3.63, 3.8) is 0 Å². The topological polar surface area (TPSA) is 52.7 Å². The molecule has 0 aliphatic heterocycles. The lowest BCUT2D eigenvalue weighted by atomic mass is 10.1. The molecule has 5 nitrogen and oxygen atoms in total. The third-order valence-corrected chi connectivity index (χ3v) is 2.94. The Labute approximate surface area is 106 Å². The van der Waals surface area contributed by atoms with Crippen LogP contribution >= 0.6 is 0 Å². The van der Waals surface area contributed by atoms with Crippen LogP contribution in [0.4, 0.5) is 0 Å². The van der Waals surface area contributed by atoms with E-state index < -0.39 is 0 Å². The normalized spacial score (nSPS) is 10.8. The number of ketones is 1. The van der Waals surface area contributed by atoms with Crippen LogP contribution in [0.15, 0.2) is 18.5 Å². The average molecular weight is 246 g/mol. The highest BCUT2D eigenvalue weighted by atomic mass is 16.1. The molecule has 0 aliphatic rings. The molecule has 2 aromatic heterocycles. The molecule has 0 saturated carbocycles. The molecule has 0 atom stereocenters. The van der Waals surface area contributed by atoms with E-state index in [9.17, 15) is 4.79 Å². The maximum atomic E-state index is 12.4. The molecule has 0 radical (unpaired) electrons. The number of aromatic nitrogens is 4. The van der Waals surface area contributed by atoms with Gasteiger partial charge in [0.2, 0.25) is 5.78 Å². The largest absolute Gasteiger partial charge is 0.287 e. The summed E-state index contributed by atoms with van der Waals surface area (Å²) in [6.07, 6.45) is 4.23. The summed E-state index contributed by atoms with van der Waals surface area (Å²) in [7, 11) is 0. The second-order valence-corrected chi connectivity index (χ2v) is 4.10. The molecular weight excluding hydrogens is 228 g/mol. The van der Waals surface area contributed by atoms with Gasteiger partial charge in [0.25, 0.3) is 0 Å². The van der Waals surface area contributed by atoms with E-state index in [4.69, 9.17) is 0 Å². The van der Waals surface area contributed by atoms with Crippen LogP contribution in [0.2, 0.25) is 0 Å². The van der Waals surface area contributed by atoms with Crippen LogP contribution in [0.5, 0.6) is 0 Å². The summed E-state index contributed by atoms with van der Waals surface area (Å²) in [5, 5.41) is 8.52. The second kappa shape index (κ2) is 5.16. The monoisotopic (exact) mass is 246 g/mol. The predicted octanol–water partition coefficient (Wildman–Crippen LogP) is 1.91. The highest BCUT2D eigenvalue weighted by molar-refractivity contribution is 6.07. The molecule has 0 bridgehead atoms. The molecule has 0 fully saturated rings. The van der Waals surface area contributed by atoms with Gasteiger partial charge in [-0.3, -0.25) is 14.2 Å². The lowest BCUT2D eigenvalue weighted by Crippen LogP contribution is -2.10. The molecule has 5 heteroatoms. The number of hydrogen-bond donors (Lipinski definition) is 0. The van der Waals surface area contributed by atoms with Crippen molar-refractivity contribution in [3.05, 3.63) is 35.4 Å². The Hall–Kier alpha value is -1.91. The molecule has 2 rings (SSSR count). The third kappa shape index (κ3) is 2.20. The summed E-state index contributed by atoms with van der Waals surface area (Å²) in [4.78, 5) is 12.4. The number of hydrogen-bond acceptors (Lipinski definition) is 3. The summed E-state index contributed by atoms with van der Waals surface area (Å²) in [6.45, 7) is 7.47. The fourth-order valence-corrected chi connectivity index (χ4v) is 1.87. The molecule has 0 aliphatic carbocycles. The minimum Gasteiger partial charge on any atom is -0.287 e. The summed E-state index contributed by atoms with van der Waals surface area (Å²) < 4.78 is 3.51. The molecule has 0 unspecified atom stereocenters. The van der Waals surface area contributed by atoms with E-state index in [0.29, 0.717) is 17.8 Å². The maximum absolute atomic E-state index is 12.4. The standard InChI is InChI=1S/C13H18N4O/c1-4-11-7-12(17(6-3)15-11)13(18)10-8-14-16(5-2)9-10/h7-9H,4-6H2,1-3H3. The van der Waals surface area contributed by atoms with Crippen LogP contribution in [0.1, 0.15) is 42.5 Å². The molecule has 0 spiro atoms. The van der Waals surface area contributed by atoms with Crippen molar-refractivity contribution in [2.24, 2.45) is 0 Å². The van der Waals surface area contributed by atoms with E-state index >= 15 is 0 Å². The van der Waals surface area contributed by atoms with Crippen LogP contribution in [0, 0.1) is 0 Å². The first-order chi connectivity index (χ1) is 8.69. The average Bonchev–Trinajstić information content (AvgIpc) is 3.03. The summed E-state index contributed by atoms with van der Waals surface area (Å²) in [6, 6.07) is 1.87. The van der Waals surface area contributed by atoms with Crippen molar-refractivity contribution in [3.8, 4) is 0 Å². The van der Waals surface area contributed by atoms with Crippen molar-refractivity contribution in [2.75, 3.05) is 0 Å². The van der Waals surface area contributed by atoms with Crippen LogP contribution in [-0.2, 0) is 19.5 Å². The number of carbonyl (C=O) groups excluding carboxylic acids is 1. The Bertz CT molecular complexity index is 553. The first-order valence-corrected chi connectivity index (χ1v) is 6.33. The smallest absolute Gasteiger partial charge is 0.214 e. The molecule has 0 aromatic carbocycles. The number of nitrogens with zero attached hydrogens (tertiary/aromatic N) is 4. The molecule has 96 valence electrons. The first kappa shape index (κ1) is 12.5. The van der Waals surface area contributed by atoms with E-state index in [1.165, 1.54) is 0 Å². The van der Waals surface area contributed by atoms with Gasteiger partial charge >= 0.3 is 0 Å². The van der Waals surface area contributed by atoms with Gasteiger partial charge in [-0.05, 0) is 26.3 Å². The van der Waals surface area contributed by atoms with Gasteiger partial charge in [0.1, 0.15) is 5.69 Å². The zero-order valence-corrected chi connectivity index (χ0v) is 11.1. The molecule has 0 amide bonds. The van der Waals surface area contributed by atoms with Crippen molar-refractivity contribution in [1.82, 2.24) is 19.6 Å². The van der Waals surface area contributed by atoms with E-state index in [1.54, 1.807) is 21.8 Å². The van der Waals surface area contributed by atoms with Crippen molar-refractivity contribution >= 4 is 5.78 Å². The number of aryl methyl sites for hydroxylation is 3. The van der Waals surface area contributed by atoms with Crippen molar-refractivity contribution in [1.29, 1.82) is 0 Å².